The topological polar surface area (TPSA) is 401 Å². The molecule has 1 aromatic carbocycles. The van der Waals surface area contributed by atoms with E-state index in [0.717, 1.165) is 30.2 Å². The molecule has 0 aromatic heterocycles. The van der Waals surface area contributed by atoms with E-state index in [1.54, 1.807) is 20.1 Å². The zero-order valence-electron chi connectivity index (χ0n) is 48.5. The van der Waals surface area contributed by atoms with Crippen molar-refractivity contribution in [3.8, 4) is 5.75 Å². The van der Waals surface area contributed by atoms with Crippen molar-refractivity contribution in [2.75, 3.05) is 49.8 Å². The molecule has 10 atom stereocenters. The largest absolute Gasteiger partial charge is 0.550 e. The normalized spacial score (nSPS) is 27.3. The molecular formula is C55H81N12O15S3-. The number of fused-ring (bicyclic) bond motifs is 7. The van der Waals surface area contributed by atoms with Gasteiger partial charge in [-0.15, -0.1) is 0 Å². The number of benzene rings is 1. The maximum Gasteiger partial charge on any atom is 0.266 e. The van der Waals surface area contributed by atoms with E-state index in [4.69, 9.17) is 21.0 Å². The van der Waals surface area contributed by atoms with Crippen LogP contribution in [-0.2, 0) is 73.9 Å². The molecule has 0 radical (unpaired) electrons. The Balaban J connectivity index is 1.56. The van der Waals surface area contributed by atoms with Gasteiger partial charge < -0.3 is 78.0 Å². The molecule has 0 saturated carbocycles. The van der Waals surface area contributed by atoms with Gasteiger partial charge in [-0.25, -0.2) is 0 Å². The van der Waals surface area contributed by atoms with Crippen LogP contribution in [0.5, 0.6) is 5.75 Å². The summed E-state index contributed by atoms with van der Waals surface area (Å²) in [5, 5.41) is 34.2. The lowest BCUT2D eigenvalue weighted by atomic mass is 9.96. The Bertz CT molecular complexity index is 2600. The fraction of sp³-hybridized carbons (Fsp3) is 0.655. The number of nitrogens with zero attached hydrogens (tertiary/aromatic N) is 3. The van der Waals surface area contributed by atoms with Crippen LogP contribution in [0.3, 0.4) is 0 Å². The third-order valence-corrected chi connectivity index (χ3v) is 17.7. The summed E-state index contributed by atoms with van der Waals surface area (Å²) in [5.41, 5.74) is 12.8. The molecule has 30 heteroatoms. The Morgan fingerprint density at radius 3 is 1.92 bits per heavy atom. The van der Waals surface area contributed by atoms with Gasteiger partial charge in [-0.2, -0.15) is 35.3 Å². The van der Waals surface area contributed by atoms with Crippen LogP contribution in [-0.4, -0.2) is 191 Å². The van der Waals surface area contributed by atoms with Gasteiger partial charge in [0.2, 0.25) is 59.1 Å². The van der Waals surface area contributed by atoms with E-state index in [0.29, 0.717) is 56.0 Å². The van der Waals surface area contributed by atoms with E-state index in [-0.39, 0.29) is 69.1 Å². The van der Waals surface area contributed by atoms with Gasteiger partial charge in [0.25, 0.3) is 5.91 Å². The van der Waals surface area contributed by atoms with Crippen molar-refractivity contribution < 1.29 is 72.2 Å². The summed E-state index contributed by atoms with van der Waals surface area (Å²) in [4.78, 5) is 172. The number of hydrogen-bond donors (Lipinski definition) is 9. The van der Waals surface area contributed by atoms with Crippen LogP contribution < -0.4 is 58.5 Å². The number of aliphatic carboxylic acids is 1. The average molecular weight is 1250 g/mol. The number of ether oxygens (including phenoxy) is 1. The standard InChI is InChI=1S/C55H82N12O15S3/c1-5-31(2)46-55(80)67-18-11-12-41(67)52(77)59-32(3)48(73)63-39(47(57)72)29-84-27-33-22-34-24-35(23-33)81-19-8-6-7-9-20-82-58-26-44(69)60-36(14-15-43(56)68)49(74)64-40(30-85-28-34)54(79)66-17-10-13-42(66)53(78)61-37(16-21-83-4)50(75)62-38(25-45(70)71)51(76)65-46/h22-24,26,31-32,36-42,46H,5-21,25,27-30H2,1-4H3,(H2,56,68)(H2,57,72)(H,59,77)(H,60,69)(H,61,78)(H,62,75)(H,63,73)(H,64,74)(H,65,76)(H,70,71)/p-1/b58-26+/t31-,32-,36-,37-,38-,39-,40-,41-,42-,46-/m0/s1. The van der Waals surface area contributed by atoms with Crippen LogP contribution in [0, 0.1) is 5.92 Å². The molecule has 2 fully saturated rings. The summed E-state index contributed by atoms with van der Waals surface area (Å²) < 4.78 is 6.24. The van der Waals surface area contributed by atoms with Crippen LogP contribution in [0.25, 0.3) is 0 Å². The Morgan fingerprint density at radius 2 is 1.29 bits per heavy atom. The van der Waals surface area contributed by atoms with Crippen molar-refractivity contribution in [1.82, 2.24) is 47.0 Å². The number of carboxylic acids is 1. The monoisotopic (exact) mass is 1250 g/mol. The number of oxime groups is 1. The lowest BCUT2D eigenvalue weighted by Gasteiger charge is -2.33. The average Bonchev–Trinajstić information content (AvgIpc) is 4.22. The summed E-state index contributed by atoms with van der Waals surface area (Å²) in [6.45, 7) is 5.50. The second kappa shape index (κ2) is 35.0. The predicted molar refractivity (Wildman–Crippen MR) is 316 cm³/mol. The Kier molecular flexibility index (Phi) is 28.4. The van der Waals surface area contributed by atoms with Gasteiger partial charge in [-0.1, -0.05) is 31.5 Å². The van der Waals surface area contributed by atoms with Gasteiger partial charge in [-0.3, -0.25) is 52.7 Å². The van der Waals surface area contributed by atoms with Gasteiger partial charge >= 0.3 is 0 Å². The van der Waals surface area contributed by atoms with Crippen molar-refractivity contribution in [1.29, 1.82) is 0 Å². The summed E-state index contributed by atoms with van der Waals surface area (Å²) >= 11 is 3.86. The van der Waals surface area contributed by atoms with Gasteiger partial charge in [0.1, 0.15) is 72.9 Å². The number of amides is 11. The lowest BCUT2D eigenvalue weighted by Crippen LogP contribution is -2.61. The summed E-state index contributed by atoms with van der Waals surface area (Å²) in [6.07, 6.45) is 5.12. The van der Waals surface area contributed by atoms with Crippen LogP contribution in [0.1, 0.15) is 115 Å². The third kappa shape index (κ3) is 21.9. The number of nitrogens with one attached hydrogen (secondary N) is 7. The van der Waals surface area contributed by atoms with Crippen LogP contribution in [0.15, 0.2) is 23.4 Å². The summed E-state index contributed by atoms with van der Waals surface area (Å²) in [5.74, 6) is -9.91. The molecule has 470 valence electrons. The highest BCUT2D eigenvalue weighted by molar-refractivity contribution is 7.99. The van der Waals surface area contributed by atoms with E-state index in [1.165, 1.54) is 52.0 Å². The molecule has 11 N–H and O–H groups in total. The first-order chi connectivity index (χ1) is 40.6. The fourth-order valence-electron chi connectivity index (χ4n) is 9.94. The second-order valence-corrected chi connectivity index (χ2v) is 24.4. The predicted octanol–water partition coefficient (Wildman–Crippen LogP) is -1.79. The molecule has 0 aliphatic carbocycles. The lowest BCUT2D eigenvalue weighted by molar-refractivity contribution is -0.306. The molecule has 1 aromatic rings. The minimum absolute atomic E-state index is 0.0192. The number of carbonyl (C=O) groups excluding carboxylic acids is 12. The smallest absolute Gasteiger partial charge is 0.266 e. The van der Waals surface area contributed by atoms with Gasteiger partial charge in [0.05, 0.1) is 6.61 Å². The van der Waals surface area contributed by atoms with Crippen molar-refractivity contribution in [2.45, 2.75) is 170 Å². The van der Waals surface area contributed by atoms with Crippen molar-refractivity contribution >= 4 is 112 Å². The van der Waals surface area contributed by atoms with Crippen molar-refractivity contribution in [3.05, 3.63) is 29.3 Å². The van der Waals surface area contributed by atoms with Crippen molar-refractivity contribution in [2.24, 2.45) is 22.5 Å². The van der Waals surface area contributed by atoms with Gasteiger partial charge in [-0.05, 0) is 112 Å². The molecule has 4 bridgehead atoms. The minimum Gasteiger partial charge on any atom is -0.550 e. The summed E-state index contributed by atoms with van der Waals surface area (Å²) in [7, 11) is 0. The van der Waals surface area contributed by atoms with E-state index < -0.39 is 138 Å². The van der Waals surface area contributed by atoms with E-state index in [1.807, 2.05) is 18.2 Å². The molecule has 4 heterocycles. The van der Waals surface area contributed by atoms with Crippen molar-refractivity contribution in [3.63, 3.8) is 0 Å². The highest BCUT2D eigenvalue weighted by Gasteiger charge is 2.43. The zero-order valence-corrected chi connectivity index (χ0v) is 50.9. The fourth-order valence-corrected chi connectivity index (χ4v) is 12.4. The Hall–Kier alpha value is -6.82. The number of hydrogen-bond acceptors (Lipinski definition) is 19. The maximum absolute atomic E-state index is 15.0. The van der Waals surface area contributed by atoms with Gasteiger partial charge in [0.15, 0.2) is 0 Å². The molecule has 27 nitrogen and oxygen atoms in total. The molecule has 11 amide bonds. The number of primary amides is 2. The number of rotatable bonds is 11. The van der Waals surface area contributed by atoms with Gasteiger partial charge in [0, 0.05) is 54.9 Å². The third-order valence-electron chi connectivity index (χ3n) is 14.8. The molecule has 85 heavy (non-hydrogen) atoms. The first-order valence-corrected chi connectivity index (χ1v) is 32.4. The SMILES string of the molecule is CC[C@H](C)[C@@H]1NC(=O)[C@H](CC(=O)[O-])NC(=O)[C@H](CCSC)NC(=O)[C@@H]2CCCN2C(=O)[C@@H]2CSCc3cc(cc(c3)OCCCCCCO/N=C/C(=O)N[C@@H](CCC(N)=O)C(=O)N2)CSC[C@@H](C(N)=O)NC(=O)[C@H](C)NC(=O)[C@@H]2CCCN2C1=O. The van der Waals surface area contributed by atoms with E-state index in [9.17, 15) is 62.6 Å². The quantitative estimate of drug-likeness (QED) is 0.118. The highest BCUT2D eigenvalue weighted by atomic mass is 32.2. The second-order valence-electron chi connectivity index (χ2n) is 21.4. The van der Waals surface area contributed by atoms with E-state index >= 15 is 0 Å². The Labute approximate surface area is 507 Å². The summed E-state index contributed by atoms with van der Waals surface area (Å²) in [6, 6.07) is -6.43. The maximum atomic E-state index is 15.0. The Morgan fingerprint density at radius 1 is 0.706 bits per heavy atom. The molecule has 0 spiro atoms. The molecule has 4 aliphatic heterocycles. The number of carbonyl (C=O) groups is 12. The molecule has 5 rings (SSSR count). The molecule has 4 aliphatic rings. The zero-order chi connectivity index (χ0) is 62.2. The van der Waals surface area contributed by atoms with Crippen LogP contribution in [0.2, 0.25) is 0 Å². The molecule has 2 saturated heterocycles. The minimum atomic E-state index is -1.83. The molecule has 0 unspecified atom stereocenters. The first-order valence-electron chi connectivity index (χ1n) is 28.7. The number of nitrogens with two attached hydrogens (primary N) is 2. The van der Waals surface area contributed by atoms with E-state index in [2.05, 4.69) is 42.4 Å². The highest BCUT2D eigenvalue weighted by Crippen LogP contribution is 2.28. The number of thioether (sulfide) groups is 3. The number of carboxylic acid groups (broad SMARTS) is 1. The van der Waals surface area contributed by atoms with Crippen LogP contribution in [0.4, 0.5) is 0 Å². The van der Waals surface area contributed by atoms with Crippen LogP contribution >= 0.6 is 35.3 Å². The molecular weight excluding hydrogens is 1160 g/mol. The first kappa shape index (κ1) is 69.0.